The van der Waals surface area contributed by atoms with Crippen LogP contribution in [-0.2, 0) is 29.5 Å². The van der Waals surface area contributed by atoms with Crippen LogP contribution in [0.2, 0.25) is 0 Å². The first-order valence-corrected chi connectivity index (χ1v) is 9.23. The fourth-order valence-electron chi connectivity index (χ4n) is 2.13. The van der Waals surface area contributed by atoms with Crippen molar-refractivity contribution in [2.24, 2.45) is 5.73 Å². The lowest BCUT2D eigenvalue weighted by atomic mass is 10.1. The zero-order chi connectivity index (χ0) is 15.5. The van der Waals surface area contributed by atoms with Gasteiger partial charge < -0.3 is 5.73 Å². The Hall–Kier alpha value is -1.21. The number of thiophene rings is 1. The zero-order valence-electron chi connectivity index (χ0n) is 12.2. The van der Waals surface area contributed by atoms with Gasteiger partial charge in [0.2, 0.25) is 10.0 Å². The molecule has 0 saturated heterocycles. The van der Waals surface area contributed by atoms with E-state index < -0.39 is 10.0 Å². The minimum Gasteiger partial charge on any atom is -0.326 e. The summed E-state index contributed by atoms with van der Waals surface area (Å²) in [5.74, 6) is 0. The average Bonchev–Trinajstić information content (AvgIpc) is 2.89. The SMILES string of the molecule is CCc1ccc(S(=O)(=O)NCc2cscc2C)cc1CN. The Bertz CT molecular complexity index is 721. The van der Waals surface area contributed by atoms with Gasteiger partial charge in [-0.25, -0.2) is 13.1 Å². The summed E-state index contributed by atoms with van der Waals surface area (Å²) in [5.41, 5.74) is 9.78. The van der Waals surface area contributed by atoms with E-state index in [2.05, 4.69) is 4.72 Å². The quantitative estimate of drug-likeness (QED) is 0.858. The van der Waals surface area contributed by atoms with Gasteiger partial charge in [-0.15, -0.1) is 0 Å². The predicted molar refractivity (Wildman–Crippen MR) is 86.8 cm³/mol. The average molecular weight is 324 g/mol. The van der Waals surface area contributed by atoms with E-state index in [9.17, 15) is 8.42 Å². The third-order valence-corrected chi connectivity index (χ3v) is 5.81. The normalized spacial score (nSPS) is 11.8. The third kappa shape index (κ3) is 3.71. The largest absolute Gasteiger partial charge is 0.326 e. The molecular formula is C15H20N2O2S2. The minimum atomic E-state index is -3.51. The van der Waals surface area contributed by atoms with Crippen LogP contribution in [-0.4, -0.2) is 8.42 Å². The van der Waals surface area contributed by atoms with Gasteiger partial charge in [-0.05, 0) is 58.5 Å². The van der Waals surface area contributed by atoms with Crippen molar-refractivity contribution in [3.8, 4) is 0 Å². The van der Waals surface area contributed by atoms with Crippen molar-refractivity contribution in [3.63, 3.8) is 0 Å². The van der Waals surface area contributed by atoms with Crippen LogP contribution < -0.4 is 10.5 Å². The molecule has 0 atom stereocenters. The van der Waals surface area contributed by atoms with Crippen LogP contribution in [0.1, 0.15) is 29.2 Å². The van der Waals surface area contributed by atoms with Crippen LogP contribution in [0.4, 0.5) is 0 Å². The topological polar surface area (TPSA) is 72.2 Å². The molecule has 0 unspecified atom stereocenters. The van der Waals surface area contributed by atoms with Gasteiger partial charge in [0.1, 0.15) is 0 Å². The predicted octanol–water partition coefficient (Wildman–Crippen LogP) is 2.56. The van der Waals surface area contributed by atoms with Gasteiger partial charge in [-0.1, -0.05) is 13.0 Å². The lowest BCUT2D eigenvalue weighted by Crippen LogP contribution is -2.23. The number of nitrogens with one attached hydrogen (secondary N) is 1. The number of rotatable bonds is 6. The summed E-state index contributed by atoms with van der Waals surface area (Å²) < 4.78 is 27.4. The lowest BCUT2D eigenvalue weighted by Gasteiger charge is -2.10. The number of aryl methyl sites for hydroxylation is 2. The second-order valence-electron chi connectivity index (χ2n) is 4.89. The van der Waals surface area contributed by atoms with Gasteiger partial charge in [-0.2, -0.15) is 11.3 Å². The molecule has 21 heavy (non-hydrogen) atoms. The highest BCUT2D eigenvalue weighted by Gasteiger charge is 2.16. The summed E-state index contributed by atoms with van der Waals surface area (Å²) in [6, 6.07) is 5.15. The zero-order valence-corrected chi connectivity index (χ0v) is 13.9. The van der Waals surface area contributed by atoms with Gasteiger partial charge in [0.25, 0.3) is 0 Å². The molecule has 2 aromatic rings. The van der Waals surface area contributed by atoms with E-state index in [1.54, 1.807) is 23.5 Å². The van der Waals surface area contributed by atoms with Crippen LogP contribution >= 0.6 is 11.3 Å². The van der Waals surface area contributed by atoms with E-state index in [1.165, 1.54) is 0 Å². The first kappa shape index (κ1) is 16.2. The first-order chi connectivity index (χ1) is 9.97. The molecule has 0 amide bonds. The van der Waals surface area contributed by atoms with Gasteiger partial charge in [0.15, 0.2) is 0 Å². The monoisotopic (exact) mass is 324 g/mol. The molecule has 1 aromatic heterocycles. The maximum atomic E-state index is 12.4. The van der Waals surface area contributed by atoms with E-state index in [0.717, 1.165) is 28.7 Å². The summed E-state index contributed by atoms with van der Waals surface area (Å²) in [6.07, 6.45) is 0.842. The molecule has 0 saturated carbocycles. The lowest BCUT2D eigenvalue weighted by molar-refractivity contribution is 0.581. The Morgan fingerprint density at radius 2 is 1.95 bits per heavy atom. The fourth-order valence-corrected chi connectivity index (χ4v) is 4.04. The van der Waals surface area contributed by atoms with E-state index in [0.29, 0.717) is 13.1 Å². The molecule has 0 fully saturated rings. The summed E-state index contributed by atoms with van der Waals surface area (Å²) >= 11 is 1.57. The molecule has 0 bridgehead atoms. The van der Waals surface area contributed by atoms with Crippen molar-refractivity contribution in [1.29, 1.82) is 0 Å². The number of nitrogens with two attached hydrogens (primary N) is 1. The Morgan fingerprint density at radius 3 is 2.52 bits per heavy atom. The fraction of sp³-hybridized carbons (Fsp3) is 0.333. The Kier molecular flexibility index (Phi) is 5.16. The van der Waals surface area contributed by atoms with Gasteiger partial charge in [0, 0.05) is 13.1 Å². The van der Waals surface area contributed by atoms with Crippen LogP contribution in [0.15, 0.2) is 33.9 Å². The van der Waals surface area contributed by atoms with Crippen LogP contribution in [0.25, 0.3) is 0 Å². The minimum absolute atomic E-state index is 0.271. The van der Waals surface area contributed by atoms with Crippen molar-refractivity contribution in [1.82, 2.24) is 4.72 Å². The molecule has 0 spiro atoms. The standard InChI is InChI=1S/C15H20N2O2S2/c1-3-12-4-5-15(6-13(12)7-16)21(18,19)17-8-14-10-20-9-11(14)2/h4-6,9-10,17H,3,7-8,16H2,1-2H3. The highest BCUT2D eigenvalue weighted by Crippen LogP contribution is 2.18. The maximum Gasteiger partial charge on any atom is 0.240 e. The molecule has 0 aliphatic carbocycles. The van der Waals surface area contributed by atoms with E-state index in [4.69, 9.17) is 5.73 Å². The second kappa shape index (κ2) is 6.70. The smallest absolute Gasteiger partial charge is 0.240 e. The maximum absolute atomic E-state index is 12.4. The van der Waals surface area contributed by atoms with Gasteiger partial charge >= 0.3 is 0 Å². The Morgan fingerprint density at radius 1 is 1.19 bits per heavy atom. The molecule has 0 aliphatic rings. The Labute approximate surface area is 130 Å². The van der Waals surface area contributed by atoms with Crippen LogP contribution in [0, 0.1) is 6.92 Å². The van der Waals surface area contributed by atoms with Crippen LogP contribution in [0.5, 0.6) is 0 Å². The molecule has 114 valence electrons. The summed E-state index contributed by atoms with van der Waals surface area (Å²) in [4.78, 5) is 0.271. The Balaban J connectivity index is 2.21. The number of hydrogen-bond acceptors (Lipinski definition) is 4. The molecule has 3 N–H and O–H groups in total. The summed E-state index contributed by atoms with van der Waals surface area (Å²) in [7, 11) is -3.51. The summed E-state index contributed by atoms with van der Waals surface area (Å²) in [6.45, 7) is 4.66. The van der Waals surface area contributed by atoms with E-state index >= 15 is 0 Å². The third-order valence-electron chi connectivity index (χ3n) is 3.50. The van der Waals surface area contributed by atoms with Crippen LogP contribution in [0.3, 0.4) is 0 Å². The molecule has 0 radical (unpaired) electrons. The molecule has 1 aromatic carbocycles. The molecule has 2 rings (SSSR count). The molecular weight excluding hydrogens is 304 g/mol. The van der Waals surface area contributed by atoms with Crippen molar-refractivity contribution in [3.05, 3.63) is 51.2 Å². The summed E-state index contributed by atoms with van der Waals surface area (Å²) in [5, 5.41) is 3.97. The first-order valence-electron chi connectivity index (χ1n) is 6.81. The van der Waals surface area contributed by atoms with Crippen molar-refractivity contribution >= 4 is 21.4 Å². The molecule has 0 aliphatic heterocycles. The number of benzene rings is 1. The van der Waals surface area contributed by atoms with Crippen molar-refractivity contribution in [2.45, 2.75) is 38.3 Å². The second-order valence-corrected chi connectivity index (χ2v) is 7.40. The van der Waals surface area contributed by atoms with E-state index in [1.807, 2.05) is 30.7 Å². The molecule has 1 heterocycles. The number of hydrogen-bond donors (Lipinski definition) is 2. The molecule has 4 nitrogen and oxygen atoms in total. The van der Waals surface area contributed by atoms with Crippen molar-refractivity contribution < 1.29 is 8.42 Å². The van der Waals surface area contributed by atoms with Gasteiger partial charge in [0.05, 0.1) is 4.90 Å². The number of sulfonamides is 1. The van der Waals surface area contributed by atoms with Gasteiger partial charge in [-0.3, -0.25) is 0 Å². The highest BCUT2D eigenvalue weighted by atomic mass is 32.2. The van der Waals surface area contributed by atoms with Crippen molar-refractivity contribution in [2.75, 3.05) is 0 Å². The molecule has 6 heteroatoms. The van der Waals surface area contributed by atoms with E-state index in [-0.39, 0.29) is 4.90 Å². The highest BCUT2D eigenvalue weighted by molar-refractivity contribution is 7.89.